The number of aliphatic hydroxyl groups is 3. The molecule has 1 heterocycles. The van der Waals surface area contributed by atoms with Crippen molar-refractivity contribution in [3.05, 3.63) is 65.2 Å². The van der Waals surface area contributed by atoms with E-state index in [1.54, 1.807) is 42.5 Å². The summed E-state index contributed by atoms with van der Waals surface area (Å²) in [5.74, 6) is 0.148. The van der Waals surface area contributed by atoms with Crippen LogP contribution in [-0.2, 0) is 0 Å². The van der Waals surface area contributed by atoms with E-state index >= 15 is 0 Å². The third-order valence-electron chi connectivity index (χ3n) is 4.11. The first kappa shape index (κ1) is 19.0. The second-order valence-electron chi connectivity index (χ2n) is 5.88. The van der Waals surface area contributed by atoms with Gasteiger partial charge in [-0.05, 0) is 36.4 Å². The number of thioether (sulfide) groups is 2. The molecule has 0 bridgehead atoms. The molecule has 2 aromatic carbocycles. The third kappa shape index (κ3) is 3.95. The highest BCUT2D eigenvalue weighted by Gasteiger charge is 2.38. The Bertz CT molecular complexity index is 834. The predicted octanol–water partition coefficient (Wildman–Crippen LogP) is 2.04. The molecule has 0 amide bonds. The predicted molar refractivity (Wildman–Crippen MR) is 101 cm³/mol. The fourth-order valence-corrected chi connectivity index (χ4v) is 5.37. The van der Waals surface area contributed by atoms with Crippen LogP contribution in [0.5, 0.6) is 0 Å². The van der Waals surface area contributed by atoms with Gasteiger partial charge in [-0.1, -0.05) is 12.1 Å². The maximum Gasteiger partial charge on any atom is 0.194 e. The quantitative estimate of drug-likeness (QED) is 0.690. The lowest BCUT2D eigenvalue weighted by atomic mass is 10.0. The Morgan fingerprint density at radius 3 is 2.46 bits per heavy atom. The average molecular weight is 387 g/mol. The molecule has 134 valence electrons. The van der Waals surface area contributed by atoms with Gasteiger partial charge in [0.2, 0.25) is 0 Å². The van der Waals surface area contributed by atoms with E-state index in [0.29, 0.717) is 27.3 Å². The minimum atomic E-state index is -1.20. The van der Waals surface area contributed by atoms with Crippen molar-refractivity contribution in [1.82, 2.24) is 0 Å². The zero-order chi connectivity index (χ0) is 18.7. The lowest BCUT2D eigenvalue weighted by Gasteiger charge is -2.34. The van der Waals surface area contributed by atoms with Gasteiger partial charge in [0.05, 0.1) is 22.3 Å². The Labute approximate surface area is 159 Å². The Morgan fingerprint density at radius 1 is 1.08 bits per heavy atom. The van der Waals surface area contributed by atoms with Crippen molar-refractivity contribution >= 4 is 29.3 Å². The maximum absolute atomic E-state index is 12.9. The highest BCUT2D eigenvalue weighted by atomic mass is 32.2. The summed E-state index contributed by atoms with van der Waals surface area (Å²) in [4.78, 5) is 13.5. The van der Waals surface area contributed by atoms with Crippen LogP contribution in [-0.4, -0.2) is 49.7 Å². The number of nitrogens with zero attached hydrogens (tertiary/aromatic N) is 1. The number of ketones is 1. The molecule has 3 N–H and O–H groups in total. The molecule has 1 fully saturated rings. The molecule has 0 unspecified atom stereocenters. The van der Waals surface area contributed by atoms with Gasteiger partial charge in [-0.15, -0.1) is 23.5 Å². The lowest BCUT2D eigenvalue weighted by molar-refractivity contribution is -0.0474. The minimum Gasteiger partial charge on any atom is -0.389 e. The van der Waals surface area contributed by atoms with E-state index in [9.17, 15) is 20.1 Å². The SMILES string of the molecule is N#Cc1ccc(C(=O)c2ccccc2S[C@@H]2SC[C@@H](O)[C@H](O)[C@H]2O)cc1. The van der Waals surface area contributed by atoms with Gasteiger partial charge in [-0.25, -0.2) is 0 Å². The van der Waals surface area contributed by atoms with Crippen LogP contribution in [0.4, 0.5) is 0 Å². The Morgan fingerprint density at radius 2 is 1.77 bits per heavy atom. The summed E-state index contributed by atoms with van der Waals surface area (Å²) in [6.07, 6.45) is -3.25. The van der Waals surface area contributed by atoms with Gasteiger partial charge in [0, 0.05) is 21.8 Å². The summed E-state index contributed by atoms with van der Waals surface area (Å²) >= 11 is 2.66. The molecule has 26 heavy (non-hydrogen) atoms. The number of carbonyl (C=O) groups is 1. The molecule has 1 saturated heterocycles. The summed E-state index contributed by atoms with van der Waals surface area (Å²) in [5.41, 5.74) is 1.46. The molecular formula is C19H17NO4S2. The molecule has 1 aliphatic rings. The lowest BCUT2D eigenvalue weighted by Crippen LogP contribution is -2.47. The molecule has 0 aliphatic carbocycles. The summed E-state index contributed by atoms with van der Waals surface area (Å²) in [7, 11) is 0. The highest BCUT2D eigenvalue weighted by molar-refractivity contribution is 8.17. The third-order valence-corrected chi connectivity index (χ3v) is 7.06. The second-order valence-corrected chi connectivity index (χ2v) is 8.54. The van der Waals surface area contributed by atoms with E-state index in [-0.39, 0.29) is 10.4 Å². The maximum atomic E-state index is 12.9. The molecule has 0 radical (unpaired) electrons. The summed E-state index contributed by atoms with van der Waals surface area (Å²) in [6.45, 7) is 0. The first-order chi connectivity index (χ1) is 12.5. The van der Waals surface area contributed by atoms with Crippen LogP contribution in [0, 0.1) is 11.3 Å². The molecule has 3 rings (SSSR count). The van der Waals surface area contributed by atoms with E-state index in [4.69, 9.17) is 5.26 Å². The van der Waals surface area contributed by atoms with Crippen molar-refractivity contribution in [2.24, 2.45) is 0 Å². The summed E-state index contributed by atoms with van der Waals surface area (Å²) in [6, 6.07) is 15.5. The van der Waals surface area contributed by atoms with Gasteiger partial charge in [0.1, 0.15) is 12.2 Å². The fraction of sp³-hybridized carbons (Fsp3) is 0.263. The van der Waals surface area contributed by atoms with Crippen molar-refractivity contribution in [2.45, 2.75) is 27.8 Å². The van der Waals surface area contributed by atoms with Crippen LogP contribution in [0.15, 0.2) is 53.4 Å². The Hall–Kier alpha value is -1.82. The van der Waals surface area contributed by atoms with Crippen LogP contribution in [0.2, 0.25) is 0 Å². The fourth-order valence-electron chi connectivity index (χ4n) is 2.62. The van der Waals surface area contributed by atoms with Crippen LogP contribution < -0.4 is 0 Å². The normalized spacial score (nSPS) is 25.5. The molecular weight excluding hydrogens is 370 g/mol. The first-order valence-electron chi connectivity index (χ1n) is 7.97. The second kappa shape index (κ2) is 8.25. The van der Waals surface area contributed by atoms with Crippen molar-refractivity contribution in [3.63, 3.8) is 0 Å². The Kier molecular flexibility index (Phi) is 6.01. The zero-order valence-corrected chi connectivity index (χ0v) is 15.3. The van der Waals surface area contributed by atoms with Crippen molar-refractivity contribution in [1.29, 1.82) is 5.26 Å². The molecule has 1 aliphatic heterocycles. The largest absolute Gasteiger partial charge is 0.389 e. The monoisotopic (exact) mass is 387 g/mol. The van der Waals surface area contributed by atoms with Gasteiger partial charge < -0.3 is 15.3 Å². The van der Waals surface area contributed by atoms with Crippen LogP contribution >= 0.6 is 23.5 Å². The molecule has 0 spiro atoms. The van der Waals surface area contributed by atoms with Gasteiger partial charge >= 0.3 is 0 Å². The van der Waals surface area contributed by atoms with Crippen LogP contribution in [0.1, 0.15) is 21.5 Å². The number of nitriles is 1. The van der Waals surface area contributed by atoms with E-state index in [1.807, 2.05) is 12.1 Å². The molecule has 0 saturated carbocycles. The first-order valence-corrected chi connectivity index (χ1v) is 9.90. The summed E-state index contributed by atoms with van der Waals surface area (Å²) < 4.78 is -0.386. The smallest absolute Gasteiger partial charge is 0.194 e. The number of rotatable bonds is 4. The van der Waals surface area contributed by atoms with Crippen molar-refractivity contribution < 1.29 is 20.1 Å². The topological polar surface area (TPSA) is 102 Å². The molecule has 7 heteroatoms. The van der Waals surface area contributed by atoms with Crippen LogP contribution in [0.3, 0.4) is 0 Å². The van der Waals surface area contributed by atoms with Gasteiger partial charge in [0.25, 0.3) is 0 Å². The number of hydrogen-bond acceptors (Lipinski definition) is 7. The number of aliphatic hydroxyl groups excluding tert-OH is 3. The molecule has 5 nitrogen and oxygen atoms in total. The molecule has 2 aromatic rings. The number of benzene rings is 2. The van der Waals surface area contributed by atoms with Gasteiger partial charge in [-0.3, -0.25) is 4.79 Å². The Balaban J connectivity index is 1.84. The van der Waals surface area contributed by atoms with Crippen molar-refractivity contribution in [3.8, 4) is 6.07 Å². The molecule has 4 atom stereocenters. The zero-order valence-electron chi connectivity index (χ0n) is 13.6. The van der Waals surface area contributed by atoms with E-state index in [2.05, 4.69) is 0 Å². The van der Waals surface area contributed by atoms with E-state index in [1.165, 1.54) is 23.5 Å². The standard InChI is InChI=1S/C19H17NO4S2/c20-9-11-5-7-12(8-6-11)16(22)13-3-1-2-4-15(13)26-19-18(24)17(23)14(21)10-25-19/h1-8,14,17-19,21,23-24H,10H2/t14-,17+,18-,19+/m1/s1. The van der Waals surface area contributed by atoms with E-state index < -0.39 is 18.3 Å². The van der Waals surface area contributed by atoms with Crippen LogP contribution in [0.25, 0.3) is 0 Å². The number of hydrogen-bond donors (Lipinski definition) is 3. The van der Waals surface area contributed by atoms with Gasteiger partial charge in [-0.2, -0.15) is 5.26 Å². The summed E-state index contributed by atoms with van der Waals surface area (Å²) in [5, 5.41) is 38.6. The van der Waals surface area contributed by atoms with Crippen molar-refractivity contribution in [2.75, 3.05) is 5.75 Å². The number of carbonyl (C=O) groups excluding carboxylic acids is 1. The molecule has 0 aromatic heterocycles. The average Bonchev–Trinajstić information content (AvgIpc) is 2.68. The van der Waals surface area contributed by atoms with Gasteiger partial charge in [0.15, 0.2) is 5.78 Å². The minimum absolute atomic E-state index is 0.173. The highest BCUT2D eigenvalue weighted by Crippen LogP contribution is 2.40. The van der Waals surface area contributed by atoms with E-state index in [0.717, 1.165) is 0 Å².